The Kier molecular flexibility index (Phi) is 5.70. The van der Waals surface area contributed by atoms with Gasteiger partial charge in [-0.3, -0.25) is 4.57 Å². The van der Waals surface area contributed by atoms with Crippen molar-refractivity contribution < 1.29 is 0 Å². The Hall–Kier alpha value is -6.06. The fourth-order valence-corrected chi connectivity index (χ4v) is 8.74. The van der Waals surface area contributed by atoms with E-state index in [4.69, 9.17) is 9.97 Å². The van der Waals surface area contributed by atoms with Crippen LogP contribution in [0.1, 0.15) is 41.8 Å². The van der Waals surface area contributed by atoms with Crippen LogP contribution in [0.3, 0.4) is 0 Å². The molecule has 0 fully saturated rings. The molecule has 0 spiro atoms. The van der Waals surface area contributed by atoms with E-state index >= 15 is 0 Å². The molecular formula is C46H33N3. The van der Waals surface area contributed by atoms with Crippen LogP contribution in [-0.2, 0) is 5.41 Å². The average molecular weight is 628 g/mol. The molecule has 0 atom stereocenters. The molecular weight excluding hydrogens is 595 g/mol. The Morgan fingerprint density at radius 1 is 0.633 bits per heavy atom. The zero-order valence-electron chi connectivity index (χ0n) is 27.8. The third-order valence-corrected chi connectivity index (χ3v) is 10.9. The monoisotopic (exact) mass is 627 g/mol. The van der Waals surface area contributed by atoms with Crippen LogP contribution in [0.2, 0.25) is 0 Å². The van der Waals surface area contributed by atoms with E-state index < -0.39 is 0 Å². The van der Waals surface area contributed by atoms with Gasteiger partial charge in [-0.2, -0.15) is 0 Å². The number of hydrogen-bond acceptors (Lipinski definition) is 2. The molecule has 0 bridgehead atoms. The molecule has 8 aromatic rings. The summed E-state index contributed by atoms with van der Waals surface area (Å²) in [6, 6.07) is 43.6. The molecule has 49 heavy (non-hydrogen) atoms. The van der Waals surface area contributed by atoms with Gasteiger partial charge in [0.05, 0.1) is 16.6 Å². The van der Waals surface area contributed by atoms with E-state index in [9.17, 15) is 0 Å². The Morgan fingerprint density at radius 3 is 2.08 bits per heavy atom. The Balaban J connectivity index is 1.47. The van der Waals surface area contributed by atoms with Crippen LogP contribution in [0.5, 0.6) is 0 Å². The second-order valence-corrected chi connectivity index (χ2v) is 13.8. The van der Waals surface area contributed by atoms with Gasteiger partial charge >= 0.3 is 0 Å². The zero-order chi connectivity index (χ0) is 33.0. The van der Waals surface area contributed by atoms with Gasteiger partial charge < -0.3 is 0 Å². The van der Waals surface area contributed by atoms with Crippen LogP contribution in [0.4, 0.5) is 0 Å². The van der Waals surface area contributed by atoms with Crippen LogP contribution < -0.4 is 0 Å². The molecule has 3 nitrogen and oxygen atoms in total. The standard InChI is InChI=1S/C46H33N3/c1-5-15-30-31-21-13-18-28-19-14-22-33(40(28)31)42-41-32-20-9-10-23-34(32)46(3,4)35(41)26-38-43(42)39(30)27(2)49(38)45-44(29-16-7-6-8-17-29)47-36-24-11-12-25-37(36)48-45/h5-26H,1H2,2-4H3/b30-15-. The van der Waals surface area contributed by atoms with Gasteiger partial charge in [0.1, 0.15) is 5.69 Å². The minimum atomic E-state index is -0.198. The highest BCUT2D eigenvalue weighted by molar-refractivity contribution is 6.22. The highest BCUT2D eigenvalue weighted by Gasteiger charge is 2.40. The minimum Gasteiger partial charge on any atom is -0.296 e. The minimum absolute atomic E-state index is 0.198. The third kappa shape index (κ3) is 3.67. The van der Waals surface area contributed by atoms with Gasteiger partial charge in [0.25, 0.3) is 0 Å². The van der Waals surface area contributed by atoms with Crippen LogP contribution in [0.25, 0.3) is 77.6 Å². The second-order valence-electron chi connectivity index (χ2n) is 13.8. The number of nitrogens with zero attached hydrogens (tertiary/aromatic N) is 3. The van der Waals surface area contributed by atoms with Gasteiger partial charge in [-0.05, 0) is 74.8 Å². The van der Waals surface area contributed by atoms with Gasteiger partial charge in [-0.15, -0.1) is 0 Å². The Bertz CT molecular complexity index is 2750. The summed E-state index contributed by atoms with van der Waals surface area (Å²) < 4.78 is 2.39. The fourth-order valence-electron chi connectivity index (χ4n) is 8.74. The first-order chi connectivity index (χ1) is 24.0. The zero-order valence-corrected chi connectivity index (χ0v) is 27.8. The lowest BCUT2D eigenvalue weighted by atomic mass is 9.81. The van der Waals surface area contributed by atoms with Gasteiger partial charge in [-0.1, -0.05) is 136 Å². The number of para-hydroxylation sites is 2. The summed E-state index contributed by atoms with van der Waals surface area (Å²) in [7, 11) is 0. The number of fused-ring (bicyclic) bond motifs is 6. The van der Waals surface area contributed by atoms with E-state index in [0.29, 0.717) is 0 Å². The molecule has 0 N–H and O–H groups in total. The van der Waals surface area contributed by atoms with E-state index in [1.807, 2.05) is 18.2 Å². The van der Waals surface area contributed by atoms with Crippen molar-refractivity contribution in [3.63, 3.8) is 0 Å². The predicted octanol–water partition coefficient (Wildman–Crippen LogP) is 11.6. The van der Waals surface area contributed by atoms with E-state index in [0.717, 1.165) is 39.3 Å². The summed E-state index contributed by atoms with van der Waals surface area (Å²) in [5.74, 6) is 0.836. The van der Waals surface area contributed by atoms with Crippen molar-refractivity contribution in [3.8, 4) is 39.3 Å². The fraction of sp³-hybridized carbons (Fsp3) is 0.0870. The summed E-state index contributed by atoms with van der Waals surface area (Å²) in [6.45, 7) is 11.2. The molecule has 0 unspecified atom stereocenters. The maximum absolute atomic E-state index is 5.44. The number of aromatic nitrogens is 3. The smallest absolute Gasteiger partial charge is 0.164 e. The average Bonchev–Trinajstić information content (AvgIpc) is 3.50. The Labute approximate surface area is 285 Å². The van der Waals surface area contributed by atoms with Gasteiger partial charge in [0.2, 0.25) is 0 Å². The lowest BCUT2D eigenvalue weighted by Gasteiger charge is -2.23. The molecule has 2 aliphatic rings. The molecule has 2 aliphatic carbocycles. The summed E-state index contributed by atoms with van der Waals surface area (Å²) in [5, 5.41) is 3.77. The maximum atomic E-state index is 5.44. The molecule has 0 saturated carbocycles. The lowest BCUT2D eigenvalue weighted by Crippen LogP contribution is -2.15. The lowest BCUT2D eigenvalue weighted by molar-refractivity contribution is 0.661. The summed E-state index contributed by atoms with van der Waals surface area (Å²) in [5.41, 5.74) is 17.3. The highest BCUT2D eigenvalue weighted by atomic mass is 15.1. The predicted molar refractivity (Wildman–Crippen MR) is 204 cm³/mol. The molecule has 0 aliphatic heterocycles. The van der Waals surface area contributed by atoms with E-state index in [1.165, 1.54) is 66.2 Å². The molecule has 0 amide bonds. The maximum Gasteiger partial charge on any atom is 0.164 e. The van der Waals surface area contributed by atoms with Gasteiger partial charge in [0, 0.05) is 33.2 Å². The van der Waals surface area contributed by atoms with Crippen LogP contribution >= 0.6 is 0 Å². The van der Waals surface area contributed by atoms with E-state index in [1.54, 1.807) is 0 Å². The van der Waals surface area contributed by atoms with Gasteiger partial charge in [0.15, 0.2) is 5.82 Å². The van der Waals surface area contributed by atoms with Crippen molar-refractivity contribution >= 4 is 38.3 Å². The first-order valence-corrected chi connectivity index (χ1v) is 17.0. The molecule has 232 valence electrons. The SMILES string of the molecule is C=C/C=C1/c2cccc3cccc(c23)-c2c3c(cc4c2c1c(C)n4-c1nc2ccccc2nc1-c1ccccc1)C(C)(C)c1ccccc1-3. The van der Waals surface area contributed by atoms with Crippen LogP contribution in [0, 0.1) is 6.92 Å². The van der Waals surface area contributed by atoms with Crippen molar-refractivity contribution in [1.82, 2.24) is 14.5 Å². The molecule has 2 heterocycles. The molecule has 10 rings (SSSR count). The van der Waals surface area contributed by atoms with Crippen LogP contribution in [0.15, 0.2) is 140 Å². The number of rotatable bonds is 3. The normalized spacial score (nSPS) is 14.7. The van der Waals surface area contributed by atoms with Crippen molar-refractivity contribution in [3.05, 3.63) is 168 Å². The third-order valence-electron chi connectivity index (χ3n) is 10.9. The first-order valence-electron chi connectivity index (χ1n) is 17.0. The number of benzene rings is 6. The largest absolute Gasteiger partial charge is 0.296 e. The van der Waals surface area contributed by atoms with E-state index in [2.05, 4.69) is 147 Å². The molecule has 0 saturated heterocycles. The molecule has 2 aromatic heterocycles. The Morgan fingerprint density at radius 2 is 1.31 bits per heavy atom. The van der Waals surface area contributed by atoms with Crippen molar-refractivity contribution in [2.24, 2.45) is 0 Å². The highest BCUT2D eigenvalue weighted by Crippen LogP contribution is 2.58. The molecule has 0 radical (unpaired) electrons. The van der Waals surface area contributed by atoms with Crippen molar-refractivity contribution in [1.29, 1.82) is 0 Å². The van der Waals surface area contributed by atoms with E-state index in [-0.39, 0.29) is 5.41 Å². The number of hydrogen-bond donors (Lipinski definition) is 0. The summed E-state index contributed by atoms with van der Waals surface area (Å²) in [4.78, 5) is 10.7. The quantitative estimate of drug-likeness (QED) is 0.195. The van der Waals surface area contributed by atoms with Crippen molar-refractivity contribution in [2.75, 3.05) is 0 Å². The number of allylic oxidation sites excluding steroid dienone is 2. The van der Waals surface area contributed by atoms with Crippen LogP contribution in [-0.4, -0.2) is 14.5 Å². The summed E-state index contributed by atoms with van der Waals surface area (Å²) in [6.07, 6.45) is 4.13. The topological polar surface area (TPSA) is 30.7 Å². The first kappa shape index (κ1) is 28.0. The summed E-state index contributed by atoms with van der Waals surface area (Å²) >= 11 is 0. The van der Waals surface area contributed by atoms with Crippen molar-refractivity contribution in [2.45, 2.75) is 26.2 Å². The van der Waals surface area contributed by atoms with Gasteiger partial charge in [-0.25, -0.2) is 9.97 Å². The second kappa shape index (κ2) is 9.98. The molecule has 6 aromatic carbocycles. The molecule has 3 heteroatoms.